The first kappa shape index (κ1) is 11.8. The van der Waals surface area contributed by atoms with Gasteiger partial charge in [0.2, 0.25) is 0 Å². The van der Waals surface area contributed by atoms with Crippen LogP contribution in [-0.2, 0) is 0 Å². The molecule has 0 saturated carbocycles. The van der Waals surface area contributed by atoms with Crippen molar-refractivity contribution in [1.29, 1.82) is 0 Å². The zero-order chi connectivity index (χ0) is 11.3. The smallest absolute Gasteiger partial charge is 0.254 e. The second-order valence-electron chi connectivity index (χ2n) is 3.56. The van der Waals surface area contributed by atoms with Crippen LogP contribution in [0, 0.1) is 6.92 Å². The van der Waals surface area contributed by atoms with Crippen LogP contribution >= 0.6 is 0 Å². The summed E-state index contributed by atoms with van der Waals surface area (Å²) in [7, 11) is 0. The van der Waals surface area contributed by atoms with Crippen LogP contribution in [0.4, 0.5) is 0 Å². The first-order valence-electron chi connectivity index (χ1n) is 5.20. The summed E-state index contributed by atoms with van der Waals surface area (Å²) in [6.45, 7) is 7.38. The fraction of sp³-hybridized carbons (Fsp3) is 0.545. The predicted octanol–water partition coefficient (Wildman–Crippen LogP) is 1.32. The van der Waals surface area contributed by atoms with Crippen molar-refractivity contribution in [2.45, 2.75) is 26.8 Å². The SMILES string of the molecule is CCN[C@H](C)CNC(=O)c1ccoc1C. The van der Waals surface area contributed by atoms with E-state index in [1.165, 1.54) is 6.26 Å². The lowest BCUT2D eigenvalue weighted by Gasteiger charge is -2.12. The van der Waals surface area contributed by atoms with Crippen LogP contribution < -0.4 is 10.6 Å². The van der Waals surface area contributed by atoms with Gasteiger partial charge in [0.15, 0.2) is 0 Å². The molecule has 0 aliphatic carbocycles. The van der Waals surface area contributed by atoms with Crippen LogP contribution in [0.5, 0.6) is 0 Å². The van der Waals surface area contributed by atoms with Crippen molar-refractivity contribution in [1.82, 2.24) is 10.6 Å². The molecule has 1 atom stereocenters. The molecule has 4 heteroatoms. The summed E-state index contributed by atoms with van der Waals surface area (Å²) < 4.78 is 5.06. The molecular weight excluding hydrogens is 192 g/mol. The van der Waals surface area contributed by atoms with Gasteiger partial charge in [-0.1, -0.05) is 6.92 Å². The Morgan fingerprint density at radius 2 is 2.33 bits per heavy atom. The summed E-state index contributed by atoms with van der Waals surface area (Å²) in [6.07, 6.45) is 1.53. The summed E-state index contributed by atoms with van der Waals surface area (Å²) in [4.78, 5) is 11.6. The Kier molecular flexibility index (Phi) is 4.37. The van der Waals surface area contributed by atoms with E-state index in [9.17, 15) is 4.79 Å². The number of hydrogen-bond donors (Lipinski definition) is 2. The largest absolute Gasteiger partial charge is 0.469 e. The Balaban J connectivity index is 2.40. The van der Waals surface area contributed by atoms with Crippen molar-refractivity contribution in [3.05, 3.63) is 23.7 Å². The summed E-state index contributed by atoms with van der Waals surface area (Å²) in [6, 6.07) is 1.97. The summed E-state index contributed by atoms with van der Waals surface area (Å²) in [5.41, 5.74) is 0.610. The number of carbonyl (C=O) groups is 1. The number of hydrogen-bond acceptors (Lipinski definition) is 3. The molecule has 0 fully saturated rings. The third-order valence-corrected chi connectivity index (χ3v) is 2.22. The molecule has 1 heterocycles. The fourth-order valence-corrected chi connectivity index (χ4v) is 1.38. The van der Waals surface area contributed by atoms with Gasteiger partial charge >= 0.3 is 0 Å². The quantitative estimate of drug-likeness (QED) is 0.770. The first-order chi connectivity index (χ1) is 7.15. The van der Waals surface area contributed by atoms with Crippen LogP contribution in [-0.4, -0.2) is 25.0 Å². The lowest BCUT2D eigenvalue weighted by Crippen LogP contribution is -2.38. The second kappa shape index (κ2) is 5.56. The minimum atomic E-state index is -0.0778. The Labute approximate surface area is 90.0 Å². The van der Waals surface area contributed by atoms with Gasteiger partial charge < -0.3 is 15.1 Å². The van der Waals surface area contributed by atoms with Gasteiger partial charge in [-0.25, -0.2) is 0 Å². The number of carbonyl (C=O) groups excluding carboxylic acids is 1. The standard InChI is InChI=1S/C11H18N2O2/c1-4-12-8(2)7-13-11(14)10-5-6-15-9(10)3/h5-6,8,12H,4,7H2,1-3H3,(H,13,14)/t8-/m1/s1. The molecule has 0 unspecified atom stereocenters. The van der Waals surface area contributed by atoms with Crippen LogP contribution in [0.3, 0.4) is 0 Å². The van der Waals surface area contributed by atoms with Crippen LogP contribution in [0.2, 0.25) is 0 Å². The summed E-state index contributed by atoms with van der Waals surface area (Å²) in [5, 5.41) is 6.07. The van der Waals surface area contributed by atoms with E-state index >= 15 is 0 Å². The molecule has 1 aromatic rings. The highest BCUT2D eigenvalue weighted by Gasteiger charge is 2.11. The molecule has 0 aliphatic rings. The highest BCUT2D eigenvalue weighted by molar-refractivity contribution is 5.95. The van der Waals surface area contributed by atoms with Gasteiger partial charge in [0.25, 0.3) is 5.91 Å². The highest BCUT2D eigenvalue weighted by Crippen LogP contribution is 2.07. The zero-order valence-electron chi connectivity index (χ0n) is 9.46. The van der Waals surface area contributed by atoms with Crippen molar-refractivity contribution < 1.29 is 9.21 Å². The number of nitrogens with one attached hydrogen (secondary N) is 2. The number of amides is 1. The fourth-order valence-electron chi connectivity index (χ4n) is 1.38. The maximum atomic E-state index is 11.6. The minimum absolute atomic E-state index is 0.0778. The number of aryl methyl sites for hydroxylation is 1. The predicted molar refractivity (Wildman–Crippen MR) is 58.9 cm³/mol. The molecule has 1 rings (SSSR count). The maximum Gasteiger partial charge on any atom is 0.254 e. The van der Waals surface area contributed by atoms with E-state index in [0.717, 1.165) is 6.54 Å². The molecule has 0 saturated heterocycles. The van der Waals surface area contributed by atoms with Crippen LogP contribution in [0.25, 0.3) is 0 Å². The molecule has 4 nitrogen and oxygen atoms in total. The van der Waals surface area contributed by atoms with Crippen molar-refractivity contribution in [2.75, 3.05) is 13.1 Å². The zero-order valence-corrected chi connectivity index (χ0v) is 9.46. The van der Waals surface area contributed by atoms with Gasteiger partial charge in [0, 0.05) is 12.6 Å². The van der Waals surface area contributed by atoms with Crippen molar-refractivity contribution >= 4 is 5.91 Å². The molecule has 1 amide bonds. The lowest BCUT2D eigenvalue weighted by atomic mass is 10.2. The second-order valence-corrected chi connectivity index (χ2v) is 3.56. The Morgan fingerprint density at radius 3 is 2.87 bits per heavy atom. The number of furan rings is 1. The van der Waals surface area contributed by atoms with Gasteiger partial charge in [0.05, 0.1) is 11.8 Å². The normalized spacial score (nSPS) is 12.5. The monoisotopic (exact) mass is 210 g/mol. The van der Waals surface area contributed by atoms with E-state index in [4.69, 9.17) is 4.42 Å². The molecule has 0 radical (unpaired) electrons. The molecule has 0 bridgehead atoms. The third-order valence-electron chi connectivity index (χ3n) is 2.22. The maximum absolute atomic E-state index is 11.6. The van der Waals surface area contributed by atoms with Crippen molar-refractivity contribution in [3.8, 4) is 0 Å². The molecular formula is C11H18N2O2. The van der Waals surface area contributed by atoms with Gasteiger partial charge in [-0.2, -0.15) is 0 Å². The van der Waals surface area contributed by atoms with Gasteiger partial charge in [-0.05, 0) is 26.5 Å². The average Bonchev–Trinajstić information content (AvgIpc) is 2.61. The Bertz CT molecular complexity index is 320. The molecule has 2 N–H and O–H groups in total. The molecule has 15 heavy (non-hydrogen) atoms. The highest BCUT2D eigenvalue weighted by atomic mass is 16.3. The number of rotatable bonds is 5. The van der Waals surface area contributed by atoms with Crippen LogP contribution in [0.1, 0.15) is 30.0 Å². The topological polar surface area (TPSA) is 54.3 Å². The van der Waals surface area contributed by atoms with Gasteiger partial charge in [-0.3, -0.25) is 4.79 Å². The molecule has 1 aromatic heterocycles. The minimum Gasteiger partial charge on any atom is -0.469 e. The van der Waals surface area contributed by atoms with Crippen molar-refractivity contribution in [3.63, 3.8) is 0 Å². The van der Waals surface area contributed by atoms with Crippen LogP contribution in [0.15, 0.2) is 16.7 Å². The molecule has 0 aliphatic heterocycles. The third kappa shape index (κ3) is 3.40. The number of likely N-dealkylation sites (N-methyl/N-ethyl adjacent to an activating group) is 1. The summed E-state index contributed by atoms with van der Waals surface area (Å²) >= 11 is 0. The van der Waals surface area contributed by atoms with E-state index in [1.54, 1.807) is 13.0 Å². The Hall–Kier alpha value is -1.29. The van der Waals surface area contributed by atoms with E-state index in [2.05, 4.69) is 10.6 Å². The van der Waals surface area contributed by atoms with E-state index < -0.39 is 0 Å². The van der Waals surface area contributed by atoms with Crippen molar-refractivity contribution in [2.24, 2.45) is 0 Å². The van der Waals surface area contributed by atoms with E-state index in [-0.39, 0.29) is 11.9 Å². The lowest BCUT2D eigenvalue weighted by molar-refractivity contribution is 0.0948. The van der Waals surface area contributed by atoms with E-state index in [0.29, 0.717) is 17.9 Å². The first-order valence-corrected chi connectivity index (χ1v) is 5.20. The molecule has 84 valence electrons. The van der Waals surface area contributed by atoms with E-state index in [1.807, 2.05) is 13.8 Å². The Morgan fingerprint density at radius 1 is 1.60 bits per heavy atom. The molecule has 0 aromatic carbocycles. The average molecular weight is 210 g/mol. The summed E-state index contributed by atoms with van der Waals surface area (Å²) in [5.74, 6) is 0.578. The molecule has 0 spiro atoms. The van der Waals surface area contributed by atoms with Gasteiger partial charge in [0.1, 0.15) is 5.76 Å². The van der Waals surface area contributed by atoms with Gasteiger partial charge in [-0.15, -0.1) is 0 Å².